The van der Waals surface area contributed by atoms with Gasteiger partial charge in [0, 0.05) is 17.1 Å². The molecule has 1 aromatic rings. The molecule has 0 saturated carbocycles. The summed E-state index contributed by atoms with van der Waals surface area (Å²) in [5.41, 5.74) is 1.00. The summed E-state index contributed by atoms with van der Waals surface area (Å²) in [5.74, 6) is 0.632. The molecule has 0 unspecified atom stereocenters. The highest BCUT2D eigenvalue weighted by Crippen LogP contribution is 2.36. The van der Waals surface area contributed by atoms with E-state index in [2.05, 4.69) is 22.9 Å². The average molecular weight is 358 g/mol. The molecule has 1 heterocycles. The summed E-state index contributed by atoms with van der Waals surface area (Å²) in [6.07, 6.45) is 0.898. The topological polar surface area (TPSA) is 59.0 Å². The van der Waals surface area contributed by atoms with E-state index >= 15 is 0 Å². The molecule has 0 radical (unpaired) electrons. The lowest BCUT2D eigenvalue weighted by atomic mass is 10.1. The number of hydrogen-bond acceptors (Lipinski definition) is 4. The van der Waals surface area contributed by atoms with E-state index in [4.69, 9.17) is 14.6 Å². The fourth-order valence-corrected chi connectivity index (χ4v) is 2.69. The van der Waals surface area contributed by atoms with Crippen molar-refractivity contribution < 1.29 is 19.4 Å². The highest BCUT2D eigenvalue weighted by Gasteiger charge is 2.20. The molecule has 0 amide bonds. The van der Waals surface area contributed by atoms with Crippen molar-refractivity contribution in [1.82, 2.24) is 4.90 Å². The maximum atomic E-state index is 11.0. The molecule has 0 saturated heterocycles. The Bertz CT molecular complexity index is 521. The largest absolute Gasteiger partial charge is 0.486 e. The maximum absolute atomic E-state index is 11.0. The molecule has 0 aliphatic carbocycles. The Morgan fingerprint density at radius 3 is 2.57 bits per heavy atom. The van der Waals surface area contributed by atoms with Gasteiger partial charge < -0.3 is 14.6 Å². The molecule has 2 rings (SSSR count). The first-order chi connectivity index (χ1) is 10.0. The first kappa shape index (κ1) is 16.1. The zero-order valence-electron chi connectivity index (χ0n) is 12.3. The molecule has 0 fully saturated rings. The van der Waals surface area contributed by atoms with Crippen LogP contribution in [0.2, 0.25) is 0 Å². The molecule has 0 spiro atoms. The molecule has 116 valence electrons. The lowest BCUT2D eigenvalue weighted by molar-refractivity contribution is -0.139. The molecular formula is C15H20BrNO4. The van der Waals surface area contributed by atoms with E-state index in [1.165, 1.54) is 0 Å². The van der Waals surface area contributed by atoms with Crippen molar-refractivity contribution in [1.29, 1.82) is 0 Å². The highest BCUT2D eigenvalue weighted by atomic mass is 79.9. The number of fused-ring (bicyclic) bond motifs is 1. The number of ether oxygens (including phenoxy) is 2. The van der Waals surface area contributed by atoms with Crippen molar-refractivity contribution in [2.24, 2.45) is 0 Å². The van der Waals surface area contributed by atoms with Gasteiger partial charge in [-0.05, 0) is 31.0 Å². The Morgan fingerprint density at radius 2 is 2.00 bits per heavy atom. The van der Waals surface area contributed by atoms with Crippen LogP contribution in [0.5, 0.6) is 11.5 Å². The Labute approximate surface area is 133 Å². The van der Waals surface area contributed by atoms with E-state index in [1.54, 1.807) is 0 Å². The number of aliphatic carboxylic acids is 1. The molecule has 1 aromatic carbocycles. The SMILES string of the molecule is CC[C@H](C)N(CC(=O)O)Cc1cc2c(cc1Br)OCCO2. The first-order valence-electron chi connectivity index (χ1n) is 7.05. The summed E-state index contributed by atoms with van der Waals surface area (Å²) in [6.45, 7) is 5.76. The Kier molecular flexibility index (Phi) is 5.47. The van der Waals surface area contributed by atoms with E-state index in [9.17, 15) is 4.79 Å². The van der Waals surface area contributed by atoms with Crippen molar-refractivity contribution in [3.05, 3.63) is 22.2 Å². The van der Waals surface area contributed by atoms with Gasteiger partial charge in [-0.3, -0.25) is 9.69 Å². The summed E-state index contributed by atoms with van der Waals surface area (Å²) in [6, 6.07) is 4.01. The molecule has 1 aliphatic heterocycles. The fraction of sp³-hybridized carbons (Fsp3) is 0.533. The van der Waals surface area contributed by atoms with Gasteiger partial charge in [0.05, 0.1) is 6.54 Å². The number of carboxylic acids is 1. The summed E-state index contributed by atoms with van der Waals surface area (Å²) in [5, 5.41) is 9.07. The third-order valence-corrected chi connectivity index (χ3v) is 4.38. The molecule has 1 atom stereocenters. The highest BCUT2D eigenvalue weighted by molar-refractivity contribution is 9.10. The van der Waals surface area contributed by atoms with Crippen LogP contribution in [0.15, 0.2) is 16.6 Å². The number of hydrogen-bond donors (Lipinski definition) is 1. The summed E-state index contributed by atoms with van der Waals surface area (Å²) >= 11 is 3.53. The van der Waals surface area contributed by atoms with Gasteiger partial charge in [0.15, 0.2) is 11.5 Å². The van der Waals surface area contributed by atoms with Crippen molar-refractivity contribution in [3.63, 3.8) is 0 Å². The van der Waals surface area contributed by atoms with Crippen molar-refractivity contribution >= 4 is 21.9 Å². The Balaban J connectivity index is 2.21. The number of carboxylic acid groups (broad SMARTS) is 1. The molecule has 1 N–H and O–H groups in total. The quantitative estimate of drug-likeness (QED) is 0.848. The van der Waals surface area contributed by atoms with E-state index < -0.39 is 5.97 Å². The number of rotatable bonds is 6. The lowest BCUT2D eigenvalue weighted by Crippen LogP contribution is -2.36. The monoisotopic (exact) mass is 357 g/mol. The van der Waals surface area contributed by atoms with Crippen LogP contribution >= 0.6 is 15.9 Å². The number of halogens is 1. The van der Waals surface area contributed by atoms with Crippen LogP contribution < -0.4 is 9.47 Å². The molecular weight excluding hydrogens is 338 g/mol. The van der Waals surface area contributed by atoms with E-state index in [0.717, 1.165) is 28.0 Å². The van der Waals surface area contributed by atoms with E-state index in [-0.39, 0.29) is 12.6 Å². The molecule has 5 nitrogen and oxygen atoms in total. The number of carbonyl (C=O) groups is 1. The van der Waals surface area contributed by atoms with Gasteiger partial charge in [-0.1, -0.05) is 22.9 Å². The van der Waals surface area contributed by atoms with Gasteiger partial charge in [-0.15, -0.1) is 0 Å². The molecule has 0 aromatic heterocycles. The summed E-state index contributed by atoms with van der Waals surface area (Å²) in [7, 11) is 0. The molecule has 0 bridgehead atoms. The smallest absolute Gasteiger partial charge is 0.317 e. The third-order valence-electron chi connectivity index (χ3n) is 3.64. The van der Waals surface area contributed by atoms with Gasteiger partial charge >= 0.3 is 5.97 Å². The second-order valence-corrected chi connectivity index (χ2v) is 6.00. The zero-order chi connectivity index (χ0) is 15.4. The predicted molar refractivity (Wildman–Crippen MR) is 82.9 cm³/mol. The van der Waals surface area contributed by atoms with Gasteiger partial charge in [0.2, 0.25) is 0 Å². The third kappa shape index (κ3) is 4.11. The van der Waals surface area contributed by atoms with Crippen LogP contribution in [0.25, 0.3) is 0 Å². The standard InChI is InChI=1S/C15H20BrNO4/c1-3-10(2)17(9-15(18)19)8-11-6-13-14(7-12(11)16)21-5-4-20-13/h6-7,10H,3-5,8-9H2,1-2H3,(H,18,19)/t10-/m0/s1. The van der Waals surface area contributed by atoms with E-state index in [1.807, 2.05) is 24.0 Å². The summed E-state index contributed by atoms with van der Waals surface area (Å²) < 4.78 is 12.0. The maximum Gasteiger partial charge on any atom is 0.317 e. The zero-order valence-corrected chi connectivity index (χ0v) is 13.9. The van der Waals surface area contributed by atoms with Crippen LogP contribution in [-0.2, 0) is 11.3 Å². The Hall–Kier alpha value is -1.27. The van der Waals surface area contributed by atoms with Crippen molar-refractivity contribution in [2.75, 3.05) is 19.8 Å². The fourth-order valence-electron chi connectivity index (χ4n) is 2.25. The predicted octanol–water partition coefficient (Wildman–Crippen LogP) is 2.91. The van der Waals surface area contributed by atoms with Crippen LogP contribution in [0, 0.1) is 0 Å². The van der Waals surface area contributed by atoms with Crippen molar-refractivity contribution in [3.8, 4) is 11.5 Å². The van der Waals surface area contributed by atoms with Crippen LogP contribution in [0.4, 0.5) is 0 Å². The van der Waals surface area contributed by atoms with Crippen LogP contribution in [0.3, 0.4) is 0 Å². The van der Waals surface area contributed by atoms with Crippen LogP contribution in [-0.4, -0.2) is 41.8 Å². The lowest BCUT2D eigenvalue weighted by Gasteiger charge is -2.28. The number of nitrogens with zero attached hydrogens (tertiary/aromatic N) is 1. The van der Waals surface area contributed by atoms with Gasteiger partial charge in [0.25, 0.3) is 0 Å². The van der Waals surface area contributed by atoms with E-state index in [0.29, 0.717) is 19.8 Å². The molecule has 21 heavy (non-hydrogen) atoms. The molecule has 1 aliphatic rings. The second kappa shape index (κ2) is 7.13. The van der Waals surface area contributed by atoms with Gasteiger partial charge in [0.1, 0.15) is 13.2 Å². The first-order valence-corrected chi connectivity index (χ1v) is 7.84. The van der Waals surface area contributed by atoms with Gasteiger partial charge in [-0.25, -0.2) is 0 Å². The van der Waals surface area contributed by atoms with Crippen LogP contribution in [0.1, 0.15) is 25.8 Å². The Morgan fingerprint density at radius 1 is 1.38 bits per heavy atom. The van der Waals surface area contributed by atoms with Gasteiger partial charge in [-0.2, -0.15) is 0 Å². The number of benzene rings is 1. The summed E-state index contributed by atoms with van der Waals surface area (Å²) in [4.78, 5) is 13.0. The minimum atomic E-state index is -0.816. The molecule has 6 heteroatoms. The second-order valence-electron chi connectivity index (χ2n) is 5.14. The minimum absolute atomic E-state index is 0.0237. The average Bonchev–Trinajstić information content (AvgIpc) is 2.46. The minimum Gasteiger partial charge on any atom is -0.486 e. The normalized spacial score (nSPS) is 15.0. The van der Waals surface area contributed by atoms with Crippen molar-refractivity contribution in [2.45, 2.75) is 32.9 Å².